The van der Waals surface area contributed by atoms with Crippen LogP contribution in [0.5, 0.6) is 5.75 Å². The minimum atomic E-state index is -0.373. The Bertz CT molecular complexity index is 1440. The standard InChI is InChI=1S/C26H29N5O3/c1-3-4-6-16-31-23(27)20(25(32)28-14-13-18-9-11-19(34-2)12-10-18)17-21-24(31)29-22-8-5-7-15-30(22)26(21)33/h5,7-12,15,17,27H,3-4,6,13-14,16H2,1-2H3,(H,28,32). The lowest BCUT2D eigenvalue weighted by atomic mass is 10.1. The minimum Gasteiger partial charge on any atom is -0.497 e. The summed E-state index contributed by atoms with van der Waals surface area (Å²) in [6.07, 6.45) is 5.15. The van der Waals surface area contributed by atoms with Crippen LogP contribution in [0.15, 0.2) is 59.5 Å². The number of methoxy groups -OCH3 is 1. The van der Waals surface area contributed by atoms with Gasteiger partial charge in [-0.15, -0.1) is 0 Å². The zero-order valence-corrected chi connectivity index (χ0v) is 19.5. The zero-order chi connectivity index (χ0) is 24.1. The van der Waals surface area contributed by atoms with Crippen LogP contribution in [0.25, 0.3) is 16.7 Å². The molecule has 34 heavy (non-hydrogen) atoms. The van der Waals surface area contributed by atoms with Crippen molar-refractivity contribution in [1.29, 1.82) is 5.41 Å². The quantitative estimate of drug-likeness (QED) is 0.296. The highest BCUT2D eigenvalue weighted by Gasteiger charge is 2.17. The highest BCUT2D eigenvalue weighted by Crippen LogP contribution is 2.13. The van der Waals surface area contributed by atoms with Crippen molar-refractivity contribution >= 4 is 22.6 Å². The first kappa shape index (κ1) is 23.2. The molecule has 176 valence electrons. The second-order valence-corrected chi connectivity index (χ2v) is 8.20. The number of benzene rings is 1. The lowest BCUT2D eigenvalue weighted by Crippen LogP contribution is -2.35. The number of nitrogens with zero attached hydrogens (tertiary/aromatic N) is 3. The van der Waals surface area contributed by atoms with Crippen LogP contribution in [-0.4, -0.2) is 33.5 Å². The third-order valence-electron chi connectivity index (χ3n) is 5.91. The van der Waals surface area contributed by atoms with Crippen molar-refractivity contribution in [2.75, 3.05) is 13.7 Å². The maximum atomic E-state index is 13.2. The van der Waals surface area contributed by atoms with Gasteiger partial charge in [-0.3, -0.25) is 19.4 Å². The Labute approximate surface area is 197 Å². The molecule has 8 nitrogen and oxygen atoms in total. The van der Waals surface area contributed by atoms with E-state index in [1.165, 1.54) is 10.5 Å². The fraction of sp³-hybridized carbons (Fsp3) is 0.308. The monoisotopic (exact) mass is 459 g/mol. The van der Waals surface area contributed by atoms with E-state index in [0.29, 0.717) is 36.2 Å². The van der Waals surface area contributed by atoms with Crippen molar-refractivity contribution in [3.63, 3.8) is 0 Å². The van der Waals surface area contributed by atoms with Crippen LogP contribution in [0, 0.1) is 5.41 Å². The Kier molecular flexibility index (Phi) is 7.06. The van der Waals surface area contributed by atoms with Gasteiger partial charge in [0.2, 0.25) is 0 Å². The fourth-order valence-electron chi connectivity index (χ4n) is 4.01. The normalized spacial score (nSPS) is 11.1. The number of ether oxygens (including phenoxy) is 1. The average Bonchev–Trinajstić information content (AvgIpc) is 2.86. The van der Waals surface area contributed by atoms with Crippen molar-refractivity contribution in [2.45, 2.75) is 39.2 Å². The molecule has 0 unspecified atom stereocenters. The van der Waals surface area contributed by atoms with Crippen LogP contribution >= 0.6 is 0 Å². The second-order valence-electron chi connectivity index (χ2n) is 8.20. The number of aryl methyl sites for hydroxylation is 1. The molecule has 3 aromatic heterocycles. The molecule has 0 atom stereocenters. The van der Waals surface area contributed by atoms with Gasteiger partial charge in [-0.2, -0.15) is 0 Å². The number of hydrogen-bond donors (Lipinski definition) is 2. The van der Waals surface area contributed by atoms with E-state index >= 15 is 0 Å². The van der Waals surface area contributed by atoms with Gasteiger partial charge in [-0.25, -0.2) is 4.98 Å². The number of unbranched alkanes of at least 4 members (excludes halogenated alkanes) is 2. The molecule has 0 bridgehead atoms. The maximum Gasteiger partial charge on any atom is 0.267 e. The van der Waals surface area contributed by atoms with E-state index in [0.717, 1.165) is 30.6 Å². The molecule has 0 aliphatic rings. The Morgan fingerprint density at radius 3 is 2.68 bits per heavy atom. The molecule has 0 saturated carbocycles. The van der Waals surface area contributed by atoms with Crippen molar-refractivity contribution < 1.29 is 9.53 Å². The van der Waals surface area contributed by atoms with Crippen LogP contribution in [0.2, 0.25) is 0 Å². The fourth-order valence-corrected chi connectivity index (χ4v) is 4.01. The number of amides is 1. The Morgan fingerprint density at radius 1 is 1.15 bits per heavy atom. The second kappa shape index (κ2) is 10.3. The van der Waals surface area contributed by atoms with Gasteiger partial charge < -0.3 is 14.6 Å². The third-order valence-corrected chi connectivity index (χ3v) is 5.91. The molecular weight excluding hydrogens is 430 g/mol. The van der Waals surface area contributed by atoms with Gasteiger partial charge >= 0.3 is 0 Å². The maximum absolute atomic E-state index is 13.2. The zero-order valence-electron chi connectivity index (χ0n) is 19.5. The largest absolute Gasteiger partial charge is 0.497 e. The number of aromatic nitrogens is 3. The summed E-state index contributed by atoms with van der Waals surface area (Å²) in [5.41, 5.74) is 2.00. The summed E-state index contributed by atoms with van der Waals surface area (Å²) in [5, 5.41) is 12.0. The highest BCUT2D eigenvalue weighted by atomic mass is 16.5. The van der Waals surface area contributed by atoms with E-state index in [-0.39, 0.29) is 22.5 Å². The molecule has 4 aromatic rings. The first-order valence-electron chi connectivity index (χ1n) is 11.5. The van der Waals surface area contributed by atoms with Crippen LogP contribution in [0.3, 0.4) is 0 Å². The average molecular weight is 460 g/mol. The molecule has 2 N–H and O–H groups in total. The molecule has 0 aliphatic heterocycles. The number of nitrogens with one attached hydrogen (secondary N) is 2. The summed E-state index contributed by atoms with van der Waals surface area (Å²) < 4.78 is 8.33. The number of carbonyl (C=O) groups excluding carboxylic acids is 1. The van der Waals surface area contributed by atoms with Gasteiger partial charge in [0.25, 0.3) is 11.5 Å². The highest BCUT2D eigenvalue weighted by molar-refractivity contribution is 5.96. The SMILES string of the molecule is CCCCCn1c(=N)c(C(=O)NCCc2ccc(OC)cc2)cc2c(=O)n3ccccc3nc21. The van der Waals surface area contributed by atoms with Gasteiger partial charge in [0.1, 0.15) is 22.5 Å². The van der Waals surface area contributed by atoms with Crippen molar-refractivity contribution in [1.82, 2.24) is 19.3 Å². The van der Waals surface area contributed by atoms with Crippen LogP contribution in [0.1, 0.15) is 42.1 Å². The first-order valence-corrected chi connectivity index (χ1v) is 11.5. The Hall–Kier alpha value is -3.94. The van der Waals surface area contributed by atoms with Gasteiger partial charge in [0.15, 0.2) is 0 Å². The molecule has 0 aliphatic carbocycles. The number of fused-ring (bicyclic) bond motifs is 2. The van der Waals surface area contributed by atoms with E-state index in [2.05, 4.69) is 17.2 Å². The first-order chi connectivity index (χ1) is 16.5. The van der Waals surface area contributed by atoms with Gasteiger partial charge in [0.05, 0.1) is 18.1 Å². The van der Waals surface area contributed by atoms with Crippen molar-refractivity contribution in [3.05, 3.63) is 81.7 Å². The molecular formula is C26H29N5O3. The summed E-state index contributed by atoms with van der Waals surface area (Å²) in [7, 11) is 1.62. The Balaban J connectivity index is 1.67. The molecule has 0 spiro atoms. The summed E-state index contributed by atoms with van der Waals surface area (Å²) in [6, 6.07) is 14.5. The van der Waals surface area contributed by atoms with E-state index in [1.807, 2.05) is 30.3 Å². The molecule has 8 heteroatoms. The molecule has 4 rings (SSSR count). The number of hydrogen-bond acceptors (Lipinski definition) is 5. The summed E-state index contributed by atoms with van der Waals surface area (Å²) in [6.45, 7) is 3.04. The topological polar surface area (TPSA) is 101 Å². The number of carbonyl (C=O) groups is 1. The third kappa shape index (κ3) is 4.71. The molecule has 1 amide bonds. The van der Waals surface area contributed by atoms with E-state index in [4.69, 9.17) is 10.1 Å². The summed E-state index contributed by atoms with van der Waals surface area (Å²) >= 11 is 0. The predicted molar refractivity (Wildman–Crippen MR) is 131 cm³/mol. The smallest absolute Gasteiger partial charge is 0.267 e. The lowest BCUT2D eigenvalue weighted by molar-refractivity contribution is 0.0951. The van der Waals surface area contributed by atoms with E-state index < -0.39 is 0 Å². The van der Waals surface area contributed by atoms with Gasteiger partial charge in [0, 0.05) is 19.3 Å². The molecule has 1 aromatic carbocycles. The van der Waals surface area contributed by atoms with Gasteiger partial charge in [-0.05, 0) is 48.7 Å². The minimum absolute atomic E-state index is 0.0673. The predicted octanol–water partition coefficient (Wildman–Crippen LogP) is 3.30. The molecule has 0 saturated heterocycles. The van der Waals surface area contributed by atoms with Crippen molar-refractivity contribution in [3.8, 4) is 5.75 Å². The van der Waals surface area contributed by atoms with Crippen LogP contribution in [0.4, 0.5) is 0 Å². The van der Waals surface area contributed by atoms with Gasteiger partial charge in [-0.1, -0.05) is 38.0 Å². The molecule has 0 radical (unpaired) electrons. The summed E-state index contributed by atoms with van der Waals surface area (Å²) in [4.78, 5) is 30.9. The molecule has 0 fully saturated rings. The number of rotatable bonds is 9. The lowest BCUT2D eigenvalue weighted by Gasteiger charge is -2.15. The van der Waals surface area contributed by atoms with E-state index in [1.54, 1.807) is 30.0 Å². The van der Waals surface area contributed by atoms with Crippen molar-refractivity contribution in [2.24, 2.45) is 0 Å². The summed E-state index contributed by atoms with van der Waals surface area (Å²) in [5.74, 6) is 0.407. The Morgan fingerprint density at radius 2 is 1.94 bits per heavy atom. The van der Waals surface area contributed by atoms with E-state index in [9.17, 15) is 9.59 Å². The number of pyridine rings is 2. The van der Waals surface area contributed by atoms with Crippen LogP contribution in [-0.2, 0) is 13.0 Å². The molecule has 3 heterocycles. The van der Waals surface area contributed by atoms with Crippen LogP contribution < -0.4 is 21.1 Å².